The largest absolute Gasteiger partial charge is 0.368 e. The summed E-state index contributed by atoms with van der Waals surface area (Å²) in [6.07, 6.45) is 0.705. The lowest BCUT2D eigenvalue weighted by Crippen LogP contribution is -2.53. The van der Waals surface area contributed by atoms with E-state index in [2.05, 4.69) is 10.2 Å². The Bertz CT molecular complexity index is 360. The van der Waals surface area contributed by atoms with Crippen molar-refractivity contribution in [2.24, 2.45) is 5.73 Å². The van der Waals surface area contributed by atoms with Crippen molar-refractivity contribution < 1.29 is 4.79 Å². The van der Waals surface area contributed by atoms with Crippen LogP contribution in [0.5, 0.6) is 0 Å². The van der Waals surface area contributed by atoms with Gasteiger partial charge in [0.1, 0.15) is 0 Å². The van der Waals surface area contributed by atoms with Crippen molar-refractivity contribution in [2.75, 3.05) is 26.2 Å². The first-order valence-electron chi connectivity index (χ1n) is 6.05. The number of nitrogens with two attached hydrogens (primary N) is 1. The van der Waals surface area contributed by atoms with Crippen molar-refractivity contribution in [3.8, 4) is 0 Å². The van der Waals surface area contributed by atoms with E-state index in [9.17, 15) is 4.79 Å². The van der Waals surface area contributed by atoms with E-state index in [1.807, 2.05) is 30.3 Å². The minimum Gasteiger partial charge on any atom is -0.368 e. The van der Waals surface area contributed by atoms with Gasteiger partial charge in [0.15, 0.2) is 0 Å². The monoisotopic (exact) mass is 233 g/mol. The van der Waals surface area contributed by atoms with Crippen molar-refractivity contribution >= 4 is 5.91 Å². The van der Waals surface area contributed by atoms with Gasteiger partial charge >= 0.3 is 0 Å². The normalized spacial score (nSPS) is 18.8. The van der Waals surface area contributed by atoms with Crippen molar-refractivity contribution in [1.82, 2.24) is 10.2 Å². The van der Waals surface area contributed by atoms with Gasteiger partial charge in [0, 0.05) is 26.2 Å². The predicted octanol–water partition coefficient (Wildman–Crippen LogP) is -0.0118. The van der Waals surface area contributed by atoms with E-state index < -0.39 is 0 Å². The van der Waals surface area contributed by atoms with Gasteiger partial charge < -0.3 is 11.1 Å². The van der Waals surface area contributed by atoms with E-state index in [4.69, 9.17) is 5.73 Å². The molecule has 0 aromatic heterocycles. The van der Waals surface area contributed by atoms with Gasteiger partial charge in [0.2, 0.25) is 5.91 Å². The van der Waals surface area contributed by atoms with Crippen LogP contribution in [-0.2, 0) is 11.2 Å². The highest BCUT2D eigenvalue weighted by atomic mass is 16.1. The Labute approximate surface area is 102 Å². The molecule has 3 N–H and O–H groups in total. The summed E-state index contributed by atoms with van der Waals surface area (Å²) >= 11 is 0. The zero-order valence-electron chi connectivity index (χ0n) is 9.93. The van der Waals surface area contributed by atoms with E-state index >= 15 is 0 Å². The maximum atomic E-state index is 11.6. The molecule has 0 aliphatic carbocycles. The van der Waals surface area contributed by atoms with Gasteiger partial charge in [-0.3, -0.25) is 9.69 Å². The van der Waals surface area contributed by atoms with Crippen LogP contribution < -0.4 is 11.1 Å². The minimum absolute atomic E-state index is 0.181. The van der Waals surface area contributed by atoms with Gasteiger partial charge in [-0.15, -0.1) is 0 Å². The minimum atomic E-state index is -0.226. The molecule has 2 rings (SSSR count). The van der Waals surface area contributed by atoms with E-state index in [0.717, 1.165) is 31.7 Å². The smallest absolute Gasteiger partial charge is 0.235 e. The highest BCUT2D eigenvalue weighted by molar-refractivity contribution is 5.80. The Balaban J connectivity index is 2.04. The van der Waals surface area contributed by atoms with Crippen molar-refractivity contribution in [1.29, 1.82) is 0 Å². The van der Waals surface area contributed by atoms with Gasteiger partial charge in [-0.1, -0.05) is 30.3 Å². The quantitative estimate of drug-likeness (QED) is 0.769. The summed E-state index contributed by atoms with van der Waals surface area (Å²) < 4.78 is 0. The van der Waals surface area contributed by atoms with Gasteiger partial charge in [-0.2, -0.15) is 0 Å². The first kappa shape index (κ1) is 12.1. The molecule has 1 fully saturated rings. The molecule has 0 saturated carbocycles. The zero-order chi connectivity index (χ0) is 12.1. The lowest BCUT2D eigenvalue weighted by Gasteiger charge is -2.33. The Morgan fingerprint density at radius 1 is 1.29 bits per heavy atom. The number of nitrogens with one attached hydrogen (secondary N) is 1. The Morgan fingerprint density at radius 2 is 1.94 bits per heavy atom. The van der Waals surface area contributed by atoms with Crippen LogP contribution in [0.2, 0.25) is 0 Å². The van der Waals surface area contributed by atoms with Gasteiger partial charge in [-0.05, 0) is 12.0 Å². The Morgan fingerprint density at radius 3 is 2.53 bits per heavy atom. The van der Waals surface area contributed by atoms with Crippen LogP contribution in [0.1, 0.15) is 5.56 Å². The van der Waals surface area contributed by atoms with Crippen LogP contribution in [-0.4, -0.2) is 43.0 Å². The number of benzene rings is 1. The molecule has 4 heteroatoms. The fraction of sp³-hybridized carbons (Fsp3) is 0.462. The molecule has 0 spiro atoms. The topological polar surface area (TPSA) is 58.4 Å². The average molecular weight is 233 g/mol. The lowest BCUT2D eigenvalue weighted by atomic mass is 10.0. The van der Waals surface area contributed by atoms with Crippen LogP contribution in [0.15, 0.2) is 30.3 Å². The average Bonchev–Trinajstić information content (AvgIpc) is 2.38. The third-order valence-electron chi connectivity index (χ3n) is 3.19. The highest BCUT2D eigenvalue weighted by Crippen LogP contribution is 2.09. The van der Waals surface area contributed by atoms with Gasteiger partial charge in [0.05, 0.1) is 6.04 Å². The van der Waals surface area contributed by atoms with Crippen LogP contribution in [0.3, 0.4) is 0 Å². The zero-order valence-corrected chi connectivity index (χ0v) is 9.93. The third-order valence-corrected chi connectivity index (χ3v) is 3.19. The lowest BCUT2D eigenvalue weighted by molar-refractivity contribution is -0.123. The number of carbonyl (C=O) groups excluding carboxylic acids is 1. The molecular formula is C13H19N3O. The second kappa shape index (κ2) is 5.80. The second-order valence-corrected chi connectivity index (χ2v) is 4.39. The molecule has 1 aliphatic heterocycles. The Hall–Kier alpha value is -1.39. The second-order valence-electron chi connectivity index (χ2n) is 4.39. The van der Waals surface area contributed by atoms with E-state index in [1.54, 1.807) is 0 Å². The number of hydrogen-bond donors (Lipinski definition) is 2. The number of carbonyl (C=O) groups is 1. The number of amides is 1. The molecule has 4 nitrogen and oxygen atoms in total. The number of hydrogen-bond acceptors (Lipinski definition) is 3. The van der Waals surface area contributed by atoms with Crippen molar-refractivity contribution in [2.45, 2.75) is 12.5 Å². The van der Waals surface area contributed by atoms with Crippen LogP contribution in [0.4, 0.5) is 0 Å². The molecule has 1 atom stereocenters. The van der Waals surface area contributed by atoms with Crippen molar-refractivity contribution in [3.05, 3.63) is 35.9 Å². The summed E-state index contributed by atoms with van der Waals surface area (Å²) in [7, 11) is 0. The summed E-state index contributed by atoms with van der Waals surface area (Å²) in [6.45, 7) is 3.64. The van der Waals surface area contributed by atoms with E-state index in [1.165, 1.54) is 0 Å². The van der Waals surface area contributed by atoms with Crippen molar-refractivity contribution in [3.63, 3.8) is 0 Å². The number of nitrogens with zero attached hydrogens (tertiary/aromatic N) is 1. The summed E-state index contributed by atoms with van der Waals surface area (Å²) in [5.74, 6) is -0.226. The molecule has 1 aromatic rings. The number of piperazine rings is 1. The molecule has 0 bridgehead atoms. The SMILES string of the molecule is NC(=O)C(Cc1ccccc1)N1CCNCC1. The maximum Gasteiger partial charge on any atom is 0.235 e. The molecule has 1 heterocycles. The fourth-order valence-electron chi connectivity index (χ4n) is 2.24. The maximum absolute atomic E-state index is 11.6. The number of primary amides is 1. The molecule has 1 unspecified atom stereocenters. The molecule has 1 saturated heterocycles. The highest BCUT2D eigenvalue weighted by Gasteiger charge is 2.25. The molecule has 1 aliphatic rings. The summed E-state index contributed by atoms with van der Waals surface area (Å²) in [6, 6.07) is 9.86. The van der Waals surface area contributed by atoms with Crippen LogP contribution in [0, 0.1) is 0 Å². The first-order chi connectivity index (χ1) is 8.27. The molecule has 92 valence electrons. The van der Waals surface area contributed by atoms with Gasteiger partial charge in [0.25, 0.3) is 0 Å². The molecular weight excluding hydrogens is 214 g/mol. The molecule has 1 aromatic carbocycles. The summed E-state index contributed by atoms with van der Waals surface area (Å²) in [5.41, 5.74) is 6.68. The van der Waals surface area contributed by atoms with E-state index in [0.29, 0.717) is 6.42 Å². The van der Waals surface area contributed by atoms with Gasteiger partial charge in [-0.25, -0.2) is 0 Å². The number of rotatable bonds is 4. The standard InChI is InChI=1S/C13H19N3O/c14-13(17)12(16-8-6-15-7-9-16)10-11-4-2-1-3-5-11/h1-5,12,15H,6-10H2,(H2,14,17). The summed E-state index contributed by atoms with van der Waals surface area (Å²) in [4.78, 5) is 13.7. The predicted molar refractivity (Wildman–Crippen MR) is 67.6 cm³/mol. The summed E-state index contributed by atoms with van der Waals surface area (Å²) in [5, 5.41) is 3.28. The van der Waals surface area contributed by atoms with E-state index in [-0.39, 0.29) is 11.9 Å². The van der Waals surface area contributed by atoms with Crippen LogP contribution in [0.25, 0.3) is 0 Å². The third kappa shape index (κ3) is 3.28. The molecule has 17 heavy (non-hydrogen) atoms. The van der Waals surface area contributed by atoms with Crippen LogP contribution >= 0.6 is 0 Å². The first-order valence-corrected chi connectivity index (χ1v) is 6.05. The fourth-order valence-corrected chi connectivity index (χ4v) is 2.24. The molecule has 1 amide bonds. The Kier molecular flexibility index (Phi) is 4.12. The molecule has 0 radical (unpaired) electrons.